The fraction of sp³-hybridized carbons (Fsp3) is 0.174. The zero-order valence-corrected chi connectivity index (χ0v) is 17.6. The van der Waals surface area contributed by atoms with Crippen LogP contribution in [0.15, 0.2) is 48.5 Å². The normalized spacial score (nSPS) is 14.7. The Labute approximate surface area is 172 Å². The zero-order chi connectivity index (χ0) is 16.1. The van der Waals surface area contributed by atoms with E-state index < -0.39 is 0 Å². The molecule has 3 aromatic rings. The quantitative estimate of drug-likeness (QED) is 0.457. The van der Waals surface area contributed by atoms with E-state index in [-0.39, 0.29) is 26.2 Å². The molecule has 0 saturated heterocycles. The van der Waals surface area contributed by atoms with E-state index in [1.54, 1.807) is 11.1 Å². The predicted octanol–water partition coefficient (Wildman–Crippen LogP) is 6.32. The molecule has 2 aromatic carbocycles. The molecule has 1 aromatic heterocycles. The molecule has 2 aliphatic rings. The monoisotopic (exact) mass is 417 g/mol. The first kappa shape index (κ1) is 17.2. The molecule has 2 heteroatoms. The fourth-order valence-electron chi connectivity index (χ4n) is 4.09. The van der Waals surface area contributed by atoms with Crippen molar-refractivity contribution in [3.05, 3.63) is 87.0 Å². The molecule has 0 saturated carbocycles. The van der Waals surface area contributed by atoms with E-state index in [0.29, 0.717) is 0 Å². The number of fused-ring (bicyclic) bond motifs is 2. The average Bonchev–Trinajstić information content (AvgIpc) is 3.31. The molecule has 0 aliphatic heterocycles. The van der Waals surface area contributed by atoms with E-state index in [9.17, 15) is 0 Å². The molecule has 1 radical (unpaired) electrons. The van der Waals surface area contributed by atoms with Gasteiger partial charge in [0, 0.05) is 42.4 Å². The second kappa shape index (κ2) is 6.82. The van der Waals surface area contributed by atoms with Gasteiger partial charge in [0.1, 0.15) is 0 Å². The summed E-state index contributed by atoms with van der Waals surface area (Å²) in [5.74, 6) is 0. The van der Waals surface area contributed by atoms with E-state index in [4.69, 9.17) is 0 Å². The third-order valence-corrected chi connectivity index (χ3v) is 6.22. The molecule has 1 heterocycles. The number of rotatable bonds is 2. The molecule has 25 heavy (non-hydrogen) atoms. The second-order valence-corrected chi connectivity index (χ2v) is 8.05. The van der Waals surface area contributed by atoms with Gasteiger partial charge in [-0.05, 0) is 83.3 Å². The van der Waals surface area contributed by atoms with Gasteiger partial charge in [0.05, 0.1) is 0 Å². The maximum atomic E-state index is 2.44. The fourth-order valence-corrected chi connectivity index (χ4v) is 4.95. The summed E-state index contributed by atoms with van der Waals surface area (Å²) in [6, 6.07) is 17.8. The van der Waals surface area contributed by atoms with E-state index in [1.807, 2.05) is 11.3 Å². The molecular weight excluding hydrogens is 400 g/mol. The van der Waals surface area contributed by atoms with Crippen molar-refractivity contribution >= 4 is 23.0 Å². The third-order valence-electron chi connectivity index (χ3n) is 5.17. The molecule has 0 fully saturated rings. The van der Waals surface area contributed by atoms with Crippen LogP contribution in [0.5, 0.6) is 0 Å². The van der Waals surface area contributed by atoms with Crippen molar-refractivity contribution in [2.75, 3.05) is 0 Å². The van der Waals surface area contributed by atoms with Gasteiger partial charge >= 0.3 is 0 Å². The second-order valence-electron chi connectivity index (χ2n) is 6.77. The van der Waals surface area contributed by atoms with Crippen molar-refractivity contribution in [1.29, 1.82) is 0 Å². The Morgan fingerprint density at radius 1 is 0.960 bits per heavy atom. The molecule has 0 spiro atoms. The Morgan fingerprint density at radius 2 is 1.80 bits per heavy atom. The molecule has 0 bridgehead atoms. The van der Waals surface area contributed by atoms with Crippen molar-refractivity contribution in [2.24, 2.45) is 0 Å². The third kappa shape index (κ3) is 2.94. The standard InChI is InChI=1S/C23H19S.Zr/c1-15-10-11-22(24-15)19-13-18-12-17-8-5-9-20(17)23(21(18)14-19)16-6-3-2-4-7-16;/h2-4,6-7,10-14H,5,8-9H2,1H3;. The van der Waals surface area contributed by atoms with Crippen LogP contribution in [0.1, 0.15) is 38.4 Å². The van der Waals surface area contributed by atoms with Crippen LogP contribution >= 0.6 is 11.3 Å². The molecular formula is C23H19SZr. The van der Waals surface area contributed by atoms with Gasteiger partial charge < -0.3 is 0 Å². The first-order valence-electron chi connectivity index (χ1n) is 8.67. The number of hydrogen-bond donors (Lipinski definition) is 0. The number of hydrogen-bond acceptors (Lipinski definition) is 1. The van der Waals surface area contributed by atoms with Crippen LogP contribution in [0.25, 0.3) is 22.8 Å². The van der Waals surface area contributed by atoms with Gasteiger partial charge in [-0.1, -0.05) is 36.4 Å². The first-order chi connectivity index (χ1) is 11.8. The Hall–Kier alpha value is -1.24. The van der Waals surface area contributed by atoms with Gasteiger partial charge in [-0.2, -0.15) is 0 Å². The minimum Gasteiger partial charge on any atom is -0.141 e. The van der Waals surface area contributed by atoms with Gasteiger partial charge in [0.25, 0.3) is 0 Å². The summed E-state index contributed by atoms with van der Waals surface area (Å²) in [6.07, 6.45) is 8.52. The maximum Gasteiger partial charge on any atom is 0.0311 e. The van der Waals surface area contributed by atoms with Crippen molar-refractivity contribution < 1.29 is 26.2 Å². The SMILES string of the molecule is Cc1ccc(C2=Cc3c(cc4c(c3-c3ccccc3)CCC4)[CH]2)s1.[Zr]. The molecule has 5 rings (SSSR count). The summed E-state index contributed by atoms with van der Waals surface area (Å²) in [7, 11) is 0. The maximum absolute atomic E-state index is 2.44. The summed E-state index contributed by atoms with van der Waals surface area (Å²) in [6.45, 7) is 2.18. The molecule has 0 atom stereocenters. The van der Waals surface area contributed by atoms with Crippen molar-refractivity contribution in [3.63, 3.8) is 0 Å². The predicted molar refractivity (Wildman–Crippen MR) is 104 cm³/mol. The summed E-state index contributed by atoms with van der Waals surface area (Å²) >= 11 is 1.89. The summed E-state index contributed by atoms with van der Waals surface area (Å²) < 4.78 is 0. The molecule has 0 unspecified atom stereocenters. The Balaban J connectivity index is 0.00000157. The molecule has 2 aliphatic carbocycles. The number of thiophene rings is 1. The van der Waals surface area contributed by atoms with Gasteiger partial charge in [0.2, 0.25) is 0 Å². The summed E-state index contributed by atoms with van der Waals surface area (Å²) in [5, 5.41) is 0. The number of aryl methyl sites for hydroxylation is 2. The van der Waals surface area contributed by atoms with Crippen molar-refractivity contribution in [1.82, 2.24) is 0 Å². The topological polar surface area (TPSA) is 0 Å². The number of allylic oxidation sites excluding steroid dienone is 1. The Bertz CT molecular complexity index is 963. The number of benzene rings is 2. The van der Waals surface area contributed by atoms with Crippen LogP contribution < -0.4 is 0 Å². The van der Waals surface area contributed by atoms with Gasteiger partial charge in [0.15, 0.2) is 0 Å². The largest absolute Gasteiger partial charge is 0.141 e. The zero-order valence-electron chi connectivity index (χ0n) is 14.3. The smallest absolute Gasteiger partial charge is 0.0311 e. The van der Waals surface area contributed by atoms with Crippen molar-refractivity contribution in [2.45, 2.75) is 26.2 Å². The molecule has 0 N–H and O–H groups in total. The first-order valence-corrected chi connectivity index (χ1v) is 9.49. The van der Waals surface area contributed by atoms with Crippen LogP contribution in [-0.4, -0.2) is 0 Å². The van der Waals surface area contributed by atoms with Gasteiger partial charge in [-0.25, -0.2) is 0 Å². The van der Waals surface area contributed by atoms with E-state index in [0.717, 1.165) is 0 Å². The van der Waals surface area contributed by atoms with E-state index in [1.165, 1.54) is 56.8 Å². The molecule has 0 nitrogen and oxygen atoms in total. The minimum atomic E-state index is 0. The van der Waals surface area contributed by atoms with Crippen LogP contribution in [0, 0.1) is 13.3 Å². The van der Waals surface area contributed by atoms with Crippen molar-refractivity contribution in [3.8, 4) is 11.1 Å². The van der Waals surface area contributed by atoms with Crippen LogP contribution in [0.3, 0.4) is 0 Å². The Morgan fingerprint density at radius 3 is 2.56 bits per heavy atom. The average molecular weight is 419 g/mol. The van der Waals surface area contributed by atoms with Gasteiger partial charge in [-0.15, -0.1) is 11.3 Å². The van der Waals surface area contributed by atoms with Crippen LogP contribution in [0.2, 0.25) is 0 Å². The Kier molecular flexibility index (Phi) is 4.69. The molecule has 0 amide bonds. The van der Waals surface area contributed by atoms with Gasteiger partial charge in [-0.3, -0.25) is 0 Å². The van der Waals surface area contributed by atoms with E-state index >= 15 is 0 Å². The summed E-state index contributed by atoms with van der Waals surface area (Å²) in [4.78, 5) is 2.75. The van der Waals surface area contributed by atoms with E-state index in [2.05, 4.69) is 68.0 Å². The van der Waals surface area contributed by atoms with Crippen LogP contribution in [-0.2, 0) is 39.0 Å². The molecule has 121 valence electrons. The minimum absolute atomic E-state index is 0. The van der Waals surface area contributed by atoms with Crippen LogP contribution in [0.4, 0.5) is 0 Å². The summed E-state index contributed by atoms with van der Waals surface area (Å²) in [5.41, 5.74) is 10.2.